The second-order valence-corrected chi connectivity index (χ2v) is 6.23. The largest absolute Gasteiger partial charge is 0.443 e. The summed E-state index contributed by atoms with van der Waals surface area (Å²) in [7, 11) is 1.79. The van der Waals surface area contributed by atoms with Gasteiger partial charge in [0.15, 0.2) is 0 Å². The maximum absolute atomic E-state index is 14.6. The van der Waals surface area contributed by atoms with Gasteiger partial charge in [-0.05, 0) is 38.1 Å². The van der Waals surface area contributed by atoms with E-state index in [1.807, 2.05) is 4.90 Å². The molecule has 1 N–H and O–H groups in total. The average molecular weight is 344 g/mol. The molecule has 0 saturated carbocycles. The highest BCUT2D eigenvalue weighted by Gasteiger charge is 2.32. The summed E-state index contributed by atoms with van der Waals surface area (Å²) in [6.07, 6.45) is 2.43. The van der Waals surface area contributed by atoms with Crippen LogP contribution in [-0.4, -0.2) is 45.4 Å². The lowest BCUT2D eigenvalue weighted by atomic mass is 10.0. The Morgan fingerprint density at radius 1 is 1.44 bits per heavy atom. The molecular weight excluding hydrogens is 323 g/mol. The molecule has 2 saturated heterocycles. The summed E-state index contributed by atoms with van der Waals surface area (Å²) >= 11 is 0. The van der Waals surface area contributed by atoms with E-state index < -0.39 is 6.09 Å². The molecule has 6 nitrogen and oxygen atoms in total. The van der Waals surface area contributed by atoms with Crippen molar-refractivity contribution in [1.29, 1.82) is 5.26 Å². The highest BCUT2D eigenvalue weighted by atomic mass is 19.1. The Balaban J connectivity index is 1.71. The molecule has 0 unspecified atom stereocenters. The zero-order valence-electron chi connectivity index (χ0n) is 14.2. The van der Waals surface area contributed by atoms with E-state index in [-0.39, 0.29) is 11.9 Å². The van der Waals surface area contributed by atoms with Crippen molar-refractivity contribution in [2.45, 2.75) is 18.9 Å². The van der Waals surface area contributed by atoms with Crippen molar-refractivity contribution in [2.75, 3.05) is 43.0 Å². The molecule has 0 aliphatic carbocycles. The first-order valence-corrected chi connectivity index (χ1v) is 8.37. The number of hydrogen-bond acceptors (Lipinski definition) is 5. The summed E-state index contributed by atoms with van der Waals surface area (Å²) in [6, 6.07) is 6.90. The van der Waals surface area contributed by atoms with E-state index in [9.17, 15) is 9.18 Å². The third kappa shape index (κ3) is 3.74. The summed E-state index contributed by atoms with van der Waals surface area (Å²) in [6.45, 7) is 2.33. The van der Waals surface area contributed by atoms with Crippen LogP contribution in [0.2, 0.25) is 0 Å². The van der Waals surface area contributed by atoms with Crippen molar-refractivity contribution < 1.29 is 13.9 Å². The number of amides is 1. The normalized spacial score (nSPS) is 20.4. The van der Waals surface area contributed by atoms with Gasteiger partial charge in [-0.25, -0.2) is 9.18 Å². The van der Waals surface area contributed by atoms with Crippen LogP contribution in [0, 0.1) is 17.1 Å². The molecule has 2 aliphatic heterocycles. The number of carbonyl (C=O) groups is 1. The number of anilines is 2. The molecule has 7 heteroatoms. The second-order valence-electron chi connectivity index (χ2n) is 6.23. The molecule has 1 aromatic carbocycles. The van der Waals surface area contributed by atoms with Crippen LogP contribution in [0.3, 0.4) is 0 Å². The SMILES string of the molecule is CNC[C@H]1CN(c2ccc(N3CCC(=CC#N)CC3)c(F)c2)C(=O)O1. The number of nitriles is 1. The monoisotopic (exact) mass is 344 g/mol. The number of cyclic esters (lactones) is 1. The number of allylic oxidation sites excluding steroid dienone is 1. The van der Waals surface area contributed by atoms with Gasteiger partial charge in [0.05, 0.1) is 24.0 Å². The summed E-state index contributed by atoms with van der Waals surface area (Å²) in [4.78, 5) is 15.4. The average Bonchev–Trinajstić information content (AvgIpc) is 2.97. The Bertz CT molecular complexity index is 718. The third-order valence-electron chi connectivity index (χ3n) is 4.56. The molecule has 1 atom stereocenters. The summed E-state index contributed by atoms with van der Waals surface area (Å²) < 4.78 is 19.9. The van der Waals surface area contributed by atoms with Crippen LogP contribution in [0.5, 0.6) is 0 Å². The van der Waals surface area contributed by atoms with Crippen LogP contribution in [-0.2, 0) is 4.74 Å². The van der Waals surface area contributed by atoms with Crippen LogP contribution in [0.15, 0.2) is 29.8 Å². The number of carbonyl (C=O) groups excluding carboxylic acids is 1. The summed E-state index contributed by atoms with van der Waals surface area (Å²) in [5.41, 5.74) is 2.14. The molecule has 132 valence electrons. The van der Waals surface area contributed by atoms with Crippen molar-refractivity contribution in [2.24, 2.45) is 0 Å². The number of nitrogens with zero attached hydrogens (tertiary/aromatic N) is 3. The number of rotatable bonds is 4. The summed E-state index contributed by atoms with van der Waals surface area (Å²) in [5, 5.41) is 11.7. The van der Waals surface area contributed by atoms with Crippen LogP contribution in [0.4, 0.5) is 20.6 Å². The first-order valence-electron chi connectivity index (χ1n) is 8.37. The van der Waals surface area contributed by atoms with Crippen molar-refractivity contribution in [1.82, 2.24) is 5.32 Å². The third-order valence-corrected chi connectivity index (χ3v) is 4.56. The Morgan fingerprint density at radius 3 is 2.84 bits per heavy atom. The van der Waals surface area contributed by atoms with Gasteiger partial charge in [0.25, 0.3) is 0 Å². The highest BCUT2D eigenvalue weighted by Crippen LogP contribution is 2.30. The number of nitrogens with one attached hydrogen (secondary N) is 1. The lowest BCUT2D eigenvalue weighted by Crippen LogP contribution is -2.31. The molecule has 0 bridgehead atoms. The van der Waals surface area contributed by atoms with E-state index in [1.165, 1.54) is 11.0 Å². The molecule has 3 rings (SSSR count). The van der Waals surface area contributed by atoms with Crippen molar-refractivity contribution in [3.8, 4) is 6.07 Å². The van der Waals surface area contributed by atoms with E-state index in [2.05, 4.69) is 11.4 Å². The Morgan fingerprint density at radius 2 is 2.20 bits per heavy atom. The number of hydrogen-bond donors (Lipinski definition) is 1. The van der Waals surface area contributed by atoms with Crippen molar-refractivity contribution in [3.63, 3.8) is 0 Å². The number of piperidine rings is 1. The van der Waals surface area contributed by atoms with Crippen LogP contribution < -0.4 is 15.1 Å². The molecule has 0 radical (unpaired) electrons. The quantitative estimate of drug-likeness (QED) is 0.850. The minimum atomic E-state index is -0.448. The van der Waals surface area contributed by atoms with Gasteiger partial charge in [-0.15, -0.1) is 0 Å². The van der Waals surface area contributed by atoms with Crippen LogP contribution in [0.25, 0.3) is 0 Å². The Labute approximate surface area is 146 Å². The van der Waals surface area contributed by atoms with Gasteiger partial charge in [0.1, 0.15) is 11.9 Å². The topological polar surface area (TPSA) is 68.6 Å². The second kappa shape index (κ2) is 7.53. The number of halogens is 1. The zero-order valence-corrected chi connectivity index (χ0v) is 14.2. The van der Waals surface area contributed by atoms with Gasteiger partial charge >= 0.3 is 6.09 Å². The minimum Gasteiger partial charge on any atom is -0.443 e. The minimum absolute atomic E-state index is 0.229. The maximum Gasteiger partial charge on any atom is 0.414 e. The Hall–Kier alpha value is -2.59. The van der Waals surface area contributed by atoms with Gasteiger partial charge < -0.3 is 15.0 Å². The lowest BCUT2D eigenvalue weighted by Gasteiger charge is -2.30. The molecule has 2 heterocycles. The van der Waals surface area contributed by atoms with E-state index >= 15 is 0 Å². The molecule has 0 spiro atoms. The number of benzene rings is 1. The fraction of sp³-hybridized carbons (Fsp3) is 0.444. The van der Waals surface area contributed by atoms with Gasteiger partial charge in [0, 0.05) is 25.7 Å². The Kier molecular flexibility index (Phi) is 5.19. The molecule has 25 heavy (non-hydrogen) atoms. The van der Waals surface area contributed by atoms with Gasteiger partial charge in [0.2, 0.25) is 0 Å². The predicted octanol–water partition coefficient (Wildman–Crippen LogP) is 2.42. The smallest absolute Gasteiger partial charge is 0.414 e. The van der Waals surface area contributed by atoms with E-state index in [1.54, 1.807) is 25.3 Å². The molecule has 2 aliphatic rings. The summed E-state index contributed by atoms with van der Waals surface area (Å²) in [5.74, 6) is -0.352. The first kappa shape index (κ1) is 17.2. The number of likely N-dealkylation sites (N-methyl/N-ethyl adjacent to an activating group) is 1. The molecular formula is C18H21FN4O2. The fourth-order valence-electron chi connectivity index (χ4n) is 3.26. The standard InChI is InChI=1S/C18H21FN4O2/c1-21-11-15-12-23(18(24)25-15)14-2-3-17(16(19)10-14)22-8-5-13(4-7-20)6-9-22/h2-4,10,15,21H,5-6,8-9,11-12H2,1H3/t15-/m0/s1. The van der Waals surface area contributed by atoms with E-state index in [4.69, 9.17) is 10.00 Å². The van der Waals surface area contributed by atoms with Crippen molar-refractivity contribution in [3.05, 3.63) is 35.7 Å². The maximum atomic E-state index is 14.6. The zero-order chi connectivity index (χ0) is 17.8. The fourth-order valence-corrected chi connectivity index (χ4v) is 3.26. The van der Waals surface area contributed by atoms with Gasteiger partial charge in [-0.1, -0.05) is 5.57 Å². The predicted molar refractivity (Wildman–Crippen MR) is 93.1 cm³/mol. The van der Waals surface area contributed by atoms with E-state index in [0.29, 0.717) is 37.6 Å². The molecule has 1 amide bonds. The van der Waals surface area contributed by atoms with Gasteiger partial charge in [-0.3, -0.25) is 4.90 Å². The van der Waals surface area contributed by atoms with Gasteiger partial charge in [-0.2, -0.15) is 5.26 Å². The van der Waals surface area contributed by atoms with E-state index in [0.717, 1.165) is 18.4 Å². The number of ether oxygens (including phenoxy) is 1. The van der Waals surface area contributed by atoms with Crippen LogP contribution in [0.1, 0.15) is 12.8 Å². The molecule has 0 aromatic heterocycles. The molecule has 1 aromatic rings. The van der Waals surface area contributed by atoms with Crippen LogP contribution >= 0.6 is 0 Å². The first-order chi connectivity index (χ1) is 12.1. The molecule has 2 fully saturated rings. The van der Waals surface area contributed by atoms with Crippen molar-refractivity contribution >= 4 is 17.5 Å². The highest BCUT2D eigenvalue weighted by molar-refractivity contribution is 5.90. The lowest BCUT2D eigenvalue weighted by molar-refractivity contribution is 0.141.